The maximum absolute atomic E-state index is 12.1. The first-order valence-electron chi connectivity index (χ1n) is 7.73. The summed E-state index contributed by atoms with van der Waals surface area (Å²) >= 11 is 0. The van der Waals surface area contributed by atoms with Gasteiger partial charge in [0.2, 0.25) is 5.91 Å². The summed E-state index contributed by atoms with van der Waals surface area (Å²) in [6.45, 7) is 8.83. The summed E-state index contributed by atoms with van der Waals surface area (Å²) in [7, 11) is 0. The van der Waals surface area contributed by atoms with Crippen LogP contribution in [-0.2, 0) is 11.2 Å². The van der Waals surface area contributed by atoms with Gasteiger partial charge in [-0.1, -0.05) is 12.1 Å². The van der Waals surface area contributed by atoms with E-state index in [1.165, 1.54) is 0 Å². The molecular formula is C17H27N3O. The van der Waals surface area contributed by atoms with Crippen molar-refractivity contribution < 1.29 is 4.79 Å². The Labute approximate surface area is 127 Å². The Morgan fingerprint density at radius 1 is 1.24 bits per heavy atom. The van der Waals surface area contributed by atoms with Crippen molar-refractivity contribution in [1.82, 2.24) is 10.2 Å². The molecule has 1 aliphatic heterocycles. The van der Waals surface area contributed by atoms with Crippen LogP contribution in [0.25, 0.3) is 0 Å². The zero-order valence-electron chi connectivity index (χ0n) is 13.4. The van der Waals surface area contributed by atoms with E-state index in [4.69, 9.17) is 5.73 Å². The van der Waals surface area contributed by atoms with Gasteiger partial charge in [0.05, 0.1) is 6.42 Å². The van der Waals surface area contributed by atoms with Crippen LogP contribution in [0.3, 0.4) is 0 Å². The van der Waals surface area contributed by atoms with E-state index in [2.05, 4.69) is 31.0 Å². The number of nitrogens with one attached hydrogen (secondary N) is 1. The van der Waals surface area contributed by atoms with Crippen molar-refractivity contribution in [3.8, 4) is 0 Å². The van der Waals surface area contributed by atoms with Gasteiger partial charge in [-0.15, -0.1) is 0 Å². The van der Waals surface area contributed by atoms with Gasteiger partial charge >= 0.3 is 0 Å². The minimum atomic E-state index is 0.106. The third-order valence-corrected chi connectivity index (χ3v) is 4.15. The van der Waals surface area contributed by atoms with Crippen LogP contribution in [0, 0.1) is 0 Å². The highest BCUT2D eigenvalue weighted by atomic mass is 16.1. The number of nitrogens with zero attached hydrogens (tertiary/aromatic N) is 1. The van der Waals surface area contributed by atoms with Crippen LogP contribution < -0.4 is 11.1 Å². The van der Waals surface area contributed by atoms with Gasteiger partial charge in [0.25, 0.3) is 0 Å². The maximum Gasteiger partial charge on any atom is 0.224 e. The van der Waals surface area contributed by atoms with Crippen LogP contribution >= 0.6 is 0 Å². The predicted octanol–water partition coefficient (Wildman–Crippen LogP) is 2.19. The van der Waals surface area contributed by atoms with Gasteiger partial charge in [0.15, 0.2) is 0 Å². The van der Waals surface area contributed by atoms with Crippen molar-refractivity contribution in [2.24, 2.45) is 0 Å². The lowest BCUT2D eigenvalue weighted by molar-refractivity contribution is -0.121. The fourth-order valence-corrected chi connectivity index (χ4v) is 2.79. The summed E-state index contributed by atoms with van der Waals surface area (Å²) in [5.41, 5.74) is 7.61. The fourth-order valence-electron chi connectivity index (χ4n) is 2.79. The summed E-state index contributed by atoms with van der Waals surface area (Å²) in [6, 6.07) is 7.81. The number of amides is 1. The van der Waals surface area contributed by atoms with E-state index in [0.29, 0.717) is 12.5 Å². The molecule has 21 heavy (non-hydrogen) atoms. The van der Waals surface area contributed by atoms with Gasteiger partial charge in [-0.2, -0.15) is 0 Å². The second-order valence-corrected chi connectivity index (χ2v) is 6.92. The van der Waals surface area contributed by atoms with E-state index >= 15 is 0 Å². The number of carbonyl (C=O) groups excluding carboxylic acids is 1. The molecule has 0 spiro atoms. The Morgan fingerprint density at radius 2 is 1.81 bits per heavy atom. The molecule has 2 rings (SSSR count). The molecule has 0 saturated carbocycles. The number of anilines is 1. The van der Waals surface area contributed by atoms with Gasteiger partial charge in [0.1, 0.15) is 0 Å². The zero-order chi connectivity index (χ0) is 15.5. The molecular weight excluding hydrogens is 262 g/mol. The fraction of sp³-hybridized carbons (Fsp3) is 0.588. The second-order valence-electron chi connectivity index (χ2n) is 6.92. The number of likely N-dealkylation sites (tertiary alicyclic amines) is 1. The molecule has 1 aliphatic rings. The summed E-state index contributed by atoms with van der Waals surface area (Å²) in [5.74, 6) is 0.106. The summed E-state index contributed by atoms with van der Waals surface area (Å²) in [4.78, 5) is 14.6. The highest BCUT2D eigenvalue weighted by Gasteiger charge is 2.27. The van der Waals surface area contributed by atoms with Crippen LogP contribution in [0.2, 0.25) is 0 Å². The highest BCUT2D eigenvalue weighted by Crippen LogP contribution is 2.20. The van der Waals surface area contributed by atoms with E-state index in [0.717, 1.165) is 37.2 Å². The van der Waals surface area contributed by atoms with Gasteiger partial charge in [-0.05, 0) is 51.3 Å². The molecule has 1 amide bonds. The van der Waals surface area contributed by atoms with E-state index < -0.39 is 0 Å². The maximum atomic E-state index is 12.1. The molecule has 116 valence electrons. The normalized spacial score (nSPS) is 17.7. The Balaban J connectivity index is 1.78. The molecule has 3 N–H and O–H groups in total. The standard InChI is InChI=1S/C17H27N3O/c1-17(2,3)20-10-8-15(9-11-20)19-16(21)12-13-4-6-14(18)7-5-13/h4-7,15H,8-12,18H2,1-3H3,(H,19,21). The van der Waals surface area contributed by atoms with Crippen LogP contribution in [0.4, 0.5) is 5.69 Å². The molecule has 1 fully saturated rings. The number of benzene rings is 1. The third-order valence-electron chi connectivity index (χ3n) is 4.15. The smallest absolute Gasteiger partial charge is 0.224 e. The molecule has 4 heteroatoms. The Morgan fingerprint density at radius 3 is 2.33 bits per heavy atom. The van der Waals surface area contributed by atoms with E-state index in [1.54, 1.807) is 0 Å². The summed E-state index contributed by atoms with van der Waals surface area (Å²) < 4.78 is 0. The molecule has 1 heterocycles. The summed E-state index contributed by atoms with van der Waals surface area (Å²) in [6.07, 6.45) is 2.50. The van der Waals surface area contributed by atoms with Crippen LogP contribution in [0.5, 0.6) is 0 Å². The van der Waals surface area contributed by atoms with Crippen molar-refractivity contribution >= 4 is 11.6 Å². The molecule has 4 nitrogen and oxygen atoms in total. The molecule has 1 aromatic carbocycles. The lowest BCUT2D eigenvalue weighted by Crippen LogP contribution is -2.51. The number of piperidine rings is 1. The Hall–Kier alpha value is -1.55. The SMILES string of the molecule is CC(C)(C)N1CCC(NC(=O)Cc2ccc(N)cc2)CC1. The van der Waals surface area contributed by atoms with Crippen LogP contribution in [-0.4, -0.2) is 35.5 Å². The lowest BCUT2D eigenvalue weighted by atomic mass is 9.98. The lowest BCUT2D eigenvalue weighted by Gasteiger charge is -2.41. The van der Waals surface area contributed by atoms with Crippen LogP contribution in [0.1, 0.15) is 39.2 Å². The number of rotatable bonds is 3. The average Bonchev–Trinajstić information content (AvgIpc) is 2.41. The molecule has 1 saturated heterocycles. The molecule has 0 atom stereocenters. The van der Waals surface area contributed by atoms with Crippen LogP contribution in [0.15, 0.2) is 24.3 Å². The van der Waals surface area contributed by atoms with Crippen molar-refractivity contribution in [2.45, 2.75) is 51.6 Å². The van der Waals surface area contributed by atoms with Gasteiger partial charge < -0.3 is 11.1 Å². The van der Waals surface area contributed by atoms with Gasteiger partial charge in [0, 0.05) is 30.4 Å². The third kappa shape index (κ3) is 4.74. The van der Waals surface area contributed by atoms with Gasteiger partial charge in [-0.25, -0.2) is 0 Å². The molecule has 0 unspecified atom stereocenters. The number of hydrogen-bond donors (Lipinski definition) is 2. The number of nitrogens with two attached hydrogens (primary N) is 1. The van der Waals surface area contributed by atoms with E-state index in [-0.39, 0.29) is 11.4 Å². The van der Waals surface area contributed by atoms with Crippen molar-refractivity contribution in [1.29, 1.82) is 0 Å². The first-order chi connectivity index (χ1) is 9.84. The molecule has 1 aromatic rings. The second kappa shape index (κ2) is 6.48. The largest absolute Gasteiger partial charge is 0.399 e. The van der Waals surface area contributed by atoms with Crippen molar-refractivity contribution in [2.75, 3.05) is 18.8 Å². The minimum Gasteiger partial charge on any atom is -0.399 e. The van der Waals surface area contributed by atoms with Crippen molar-refractivity contribution in [3.05, 3.63) is 29.8 Å². The Bertz CT molecular complexity index is 468. The first-order valence-corrected chi connectivity index (χ1v) is 7.73. The van der Waals surface area contributed by atoms with Crippen molar-refractivity contribution in [3.63, 3.8) is 0 Å². The molecule has 0 aliphatic carbocycles. The number of carbonyl (C=O) groups is 1. The van der Waals surface area contributed by atoms with Gasteiger partial charge in [-0.3, -0.25) is 9.69 Å². The first kappa shape index (κ1) is 15.8. The predicted molar refractivity (Wildman–Crippen MR) is 87.0 cm³/mol. The Kier molecular flexibility index (Phi) is 4.88. The average molecular weight is 289 g/mol. The number of hydrogen-bond acceptors (Lipinski definition) is 3. The monoisotopic (exact) mass is 289 g/mol. The van der Waals surface area contributed by atoms with E-state index in [9.17, 15) is 4.79 Å². The molecule has 0 radical (unpaired) electrons. The highest BCUT2D eigenvalue weighted by molar-refractivity contribution is 5.79. The zero-order valence-corrected chi connectivity index (χ0v) is 13.4. The molecule has 0 aromatic heterocycles. The topological polar surface area (TPSA) is 58.4 Å². The number of nitrogen functional groups attached to an aromatic ring is 1. The minimum absolute atomic E-state index is 0.106. The van der Waals surface area contributed by atoms with E-state index in [1.807, 2.05) is 24.3 Å². The molecule has 0 bridgehead atoms. The summed E-state index contributed by atoms with van der Waals surface area (Å²) in [5, 5.41) is 3.16. The quantitative estimate of drug-likeness (QED) is 0.839.